The summed E-state index contributed by atoms with van der Waals surface area (Å²) in [6.45, 7) is 0. The molecule has 3 aromatic heterocycles. The van der Waals surface area contributed by atoms with E-state index in [1.807, 2.05) is 0 Å². The third-order valence-electron chi connectivity index (χ3n) is 1.21. The minimum Gasteiger partial charge on any atom is -0.241 e. The Balaban J connectivity index is 0.000000135. The first kappa shape index (κ1) is 13.1. The molecule has 0 fully saturated rings. The number of aromatic nitrogens is 9. The van der Waals surface area contributed by atoms with Crippen molar-refractivity contribution in [3.05, 3.63) is 56.2 Å². The van der Waals surface area contributed by atoms with Gasteiger partial charge in [0.25, 0.3) is 0 Å². The second kappa shape index (κ2) is 10.5. The normalized spacial score (nSPS) is 8.00. The monoisotopic (exact) mass is 243 g/mol. The maximum atomic E-state index is 3.61. The third-order valence-corrected chi connectivity index (χ3v) is 1.21. The predicted octanol–water partition coefficient (Wildman–Crippen LogP) is -0.385. The quantitative estimate of drug-likeness (QED) is 0.520. The molecular formula is C9H9N9. The standard InChI is InChI=1S/3C3H3N3/c1-4-2-6-3-5-1;1-2-5-6-3-4-1;1-2-4-6-5-3-1/h3*1-3H. The lowest BCUT2D eigenvalue weighted by Crippen LogP contribution is -1.78. The minimum absolute atomic E-state index is 1.39. The highest BCUT2D eigenvalue weighted by Gasteiger charge is 1.61. The molecule has 90 valence electrons. The number of nitrogens with zero attached hydrogens (tertiary/aromatic N) is 9. The van der Waals surface area contributed by atoms with Crippen LogP contribution in [0.5, 0.6) is 0 Å². The van der Waals surface area contributed by atoms with Crippen LogP contribution in [0.4, 0.5) is 0 Å². The number of hydrogen-bond donors (Lipinski definition) is 0. The van der Waals surface area contributed by atoms with Crippen LogP contribution in [-0.2, 0) is 0 Å². The summed E-state index contributed by atoms with van der Waals surface area (Å²) in [6, 6.07) is 1.72. The van der Waals surface area contributed by atoms with Crippen LogP contribution >= 0.6 is 0 Å². The molecule has 0 unspecified atom stereocenters. The Bertz CT molecular complexity index is 309. The van der Waals surface area contributed by atoms with Crippen LogP contribution in [0.2, 0.25) is 0 Å². The van der Waals surface area contributed by atoms with E-state index in [9.17, 15) is 0 Å². The fourth-order valence-electron chi connectivity index (χ4n) is 0.615. The molecule has 3 rings (SSSR count). The largest absolute Gasteiger partial charge is 0.241 e. The van der Waals surface area contributed by atoms with Gasteiger partial charge in [0, 0.05) is 6.20 Å². The first-order valence-electron chi connectivity index (χ1n) is 4.70. The van der Waals surface area contributed by atoms with Crippen molar-refractivity contribution >= 4 is 0 Å². The molecule has 3 heterocycles. The Kier molecular flexibility index (Phi) is 7.67. The molecule has 0 amide bonds. The van der Waals surface area contributed by atoms with Gasteiger partial charge in [-0.05, 0) is 11.3 Å². The van der Waals surface area contributed by atoms with E-state index in [0.29, 0.717) is 0 Å². The lowest BCUT2D eigenvalue weighted by atomic mass is 10.7. The molecule has 3 aromatic rings. The van der Waals surface area contributed by atoms with Gasteiger partial charge in [0.05, 0.1) is 18.6 Å². The van der Waals surface area contributed by atoms with Gasteiger partial charge in [-0.2, -0.15) is 5.10 Å². The molecule has 0 bridgehead atoms. The molecule has 0 N–H and O–H groups in total. The van der Waals surface area contributed by atoms with E-state index in [4.69, 9.17) is 0 Å². The van der Waals surface area contributed by atoms with Crippen molar-refractivity contribution in [2.45, 2.75) is 0 Å². The highest BCUT2D eigenvalue weighted by atomic mass is 15.3. The fraction of sp³-hybridized carbons (Fsp3) is 0. The van der Waals surface area contributed by atoms with Gasteiger partial charge in [0.15, 0.2) is 0 Å². The van der Waals surface area contributed by atoms with E-state index < -0.39 is 0 Å². The van der Waals surface area contributed by atoms with E-state index in [0.717, 1.165) is 0 Å². The van der Waals surface area contributed by atoms with Crippen LogP contribution in [0.15, 0.2) is 56.2 Å². The van der Waals surface area contributed by atoms with Gasteiger partial charge < -0.3 is 0 Å². The molecule has 9 heteroatoms. The Morgan fingerprint density at radius 3 is 1.28 bits per heavy atom. The van der Waals surface area contributed by atoms with Crippen LogP contribution in [0.3, 0.4) is 0 Å². The molecule has 0 spiro atoms. The van der Waals surface area contributed by atoms with E-state index in [1.165, 1.54) is 31.5 Å². The summed E-state index contributed by atoms with van der Waals surface area (Å²) >= 11 is 0. The minimum atomic E-state index is 1.39. The SMILES string of the molecule is c1cnncn1.c1cnnnc1.c1ncncn1. The molecule has 9 nitrogen and oxygen atoms in total. The summed E-state index contributed by atoms with van der Waals surface area (Å²) in [5.41, 5.74) is 0. The Morgan fingerprint density at radius 2 is 1.11 bits per heavy atom. The van der Waals surface area contributed by atoms with E-state index in [1.54, 1.807) is 24.7 Å². The molecule has 0 aliphatic carbocycles. The zero-order valence-corrected chi connectivity index (χ0v) is 9.22. The van der Waals surface area contributed by atoms with Crippen molar-refractivity contribution in [3.8, 4) is 0 Å². The summed E-state index contributed by atoms with van der Waals surface area (Å²) in [5, 5.41) is 17.0. The Morgan fingerprint density at radius 1 is 0.444 bits per heavy atom. The topological polar surface area (TPSA) is 116 Å². The number of rotatable bonds is 0. The Labute approximate surface area is 102 Å². The summed E-state index contributed by atoms with van der Waals surface area (Å²) in [7, 11) is 0. The van der Waals surface area contributed by atoms with Gasteiger partial charge in [-0.1, -0.05) is 0 Å². The van der Waals surface area contributed by atoms with Gasteiger partial charge in [-0.3, -0.25) is 0 Å². The molecule has 0 aromatic carbocycles. The van der Waals surface area contributed by atoms with Crippen molar-refractivity contribution in [1.29, 1.82) is 0 Å². The zero-order valence-electron chi connectivity index (χ0n) is 9.22. The van der Waals surface area contributed by atoms with Gasteiger partial charge >= 0.3 is 0 Å². The molecule has 18 heavy (non-hydrogen) atoms. The van der Waals surface area contributed by atoms with Crippen LogP contribution in [-0.4, -0.2) is 45.5 Å². The average Bonchev–Trinajstić information content (AvgIpc) is 2.54. The summed E-state index contributed by atoms with van der Waals surface area (Å²) < 4.78 is 0. The summed E-state index contributed by atoms with van der Waals surface area (Å²) in [4.78, 5) is 14.3. The predicted molar refractivity (Wildman–Crippen MR) is 59.5 cm³/mol. The lowest BCUT2D eigenvalue weighted by Gasteiger charge is -1.69. The van der Waals surface area contributed by atoms with E-state index in [2.05, 4.69) is 45.5 Å². The van der Waals surface area contributed by atoms with Crippen molar-refractivity contribution in [2.75, 3.05) is 0 Å². The van der Waals surface area contributed by atoms with Crippen molar-refractivity contribution in [2.24, 2.45) is 0 Å². The molecule has 0 aliphatic heterocycles. The van der Waals surface area contributed by atoms with Crippen LogP contribution in [0.1, 0.15) is 0 Å². The highest BCUT2D eigenvalue weighted by Crippen LogP contribution is 1.62. The van der Waals surface area contributed by atoms with Gasteiger partial charge in [-0.15, -0.1) is 15.3 Å². The molecule has 0 aliphatic rings. The lowest BCUT2D eigenvalue weighted by molar-refractivity contribution is 0.865. The average molecular weight is 243 g/mol. The summed E-state index contributed by atoms with van der Waals surface area (Å²) in [5.74, 6) is 0. The van der Waals surface area contributed by atoms with E-state index >= 15 is 0 Å². The van der Waals surface area contributed by atoms with Crippen LogP contribution in [0, 0.1) is 0 Å². The summed E-state index contributed by atoms with van der Waals surface area (Å²) in [6.07, 6.45) is 12.0. The molecular weight excluding hydrogens is 234 g/mol. The Hall–Kier alpha value is -2.97. The molecule has 0 saturated carbocycles. The van der Waals surface area contributed by atoms with Crippen LogP contribution < -0.4 is 0 Å². The van der Waals surface area contributed by atoms with Crippen LogP contribution in [0.25, 0.3) is 0 Å². The van der Waals surface area contributed by atoms with Gasteiger partial charge in [-0.25, -0.2) is 19.9 Å². The maximum Gasteiger partial charge on any atom is 0.138 e. The first-order chi connectivity index (χ1) is 9.00. The number of hydrogen-bond acceptors (Lipinski definition) is 9. The second-order valence-electron chi connectivity index (χ2n) is 2.40. The molecule has 0 saturated heterocycles. The third kappa shape index (κ3) is 8.35. The first-order valence-corrected chi connectivity index (χ1v) is 4.70. The van der Waals surface area contributed by atoms with Crippen molar-refractivity contribution in [1.82, 2.24) is 45.5 Å². The van der Waals surface area contributed by atoms with Crippen molar-refractivity contribution < 1.29 is 0 Å². The maximum absolute atomic E-state index is 3.61. The van der Waals surface area contributed by atoms with Gasteiger partial charge in [0.2, 0.25) is 0 Å². The highest BCUT2D eigenvalue weighted by molar-refractivity contribution is 4.69. The molecule has 0 atom stereocenters. The van der Waals surface area contributed by atoms with Crippen molar-refractivity contribution in [3.63, 3.8) is 0 Å². The van der Waals surface area contributed by atoms with Gasteiger partial charge in [0.1, 0.15) is 25.3 Å². The smallest absolute Gasteiger partial charge is 0.138 e. The fourth-order valence-corrected chi connectivity index (χ4v) is 0.615. The molecule has 0 radical (unpaired) electrons. The zero-order chi connectivity index (χ0) is 12.7. The second-order valence-corrected chi connectivity index (χ2v) is 2.40. The van der Waals surface area contributed by atoms with E-state index in [-0.39, 0.29) is 0 Å².